The van der Waals surface area contributed by atoms with Crippen molar-refractivity contribution in [3.63, 3.8) is 0 Å². The summed E-state index contributed by atoms with van der Waals surface area (Å²) in [5.41, 5.74) is -0.868. The largest absolute Gasteiger partial charge is 0.481 e. The van der Waals surface area contributed by atoms with Crippen molar-refractivity contribution in [3.05, 3.63) is 0 Å². The first-order valence-corrected chi connectivity index (χ1v) is 6.44. The molecule has 1 aliphatic rings. The lowest BCUT2D eigenvalue weighted by Crippen LogP contribution is -2.46. The molecule has 1 fully saturated rings. The van der Waals surface area contributed by atoms with E-state index >= 15 is 0 Å². The van der Waals surface area contributed by atoms with Gasteiger partial charge in [-0.3, -0.25) is 9.59 Å². The van der Waals surface area contributed by atoms with Gasteiger partial charge in [0.15, 0.2) is 0 Å². The molecule has 1 rings (SSSR count). The molecule has 0 aromatic carbocycles. The number of aliphatic carboxylic acids is 1. The summed E-state index contributed by atoms with van der Waals surface area (Å²) in [6.45, 7) is 3.80. The minimum absolute atomic E-state index is 0.0351. The molecule has 0 bridgehead atoms. The average molecular weight is 257 g/mol. The topological polar surface area (TPSA) is 75.6 Å². The van der Waals surface area contributed by atoms with Crippen LogP contribution in [0, 0.1) is 11.8 Å². The maximum absolute atomic E-state index is 11.8. The minimum Gasteiger partial charge on any atom is -0.481 e. The van der Waals surface area contributed by atoms with Crippen molar-refractivity contribution in [3.8, 4) is 0 Å². The number of carboxylic acid groups (broad SMARTS) is 1. The molecule has 2 atom stereocenters. The van der Waals surface area contributed by atoms with Crippen LogP contribution in [-0.4, -0.2) is 36.2 Å². The second kappa shape index (κ2) is 6.18. The molecule has 1 aliphatic carbocycles. The standard InChI is InChI=1S/C13H23NO4/c1-13(2,18-3)12(17)14-8-9-6-4-5-7-10(9)11(15)16/h9-10H,4-8H2,1-3H3,(H,14,17)(H,15,16). The van der Waals surface area contributed by atoms with E-state index in [9.17, 15) is 9.59 Å². The van der Waals surface area contributed by atoms with Gasteiger partial charge >= 0.3 is 5.97 Å². The molecule has 1 saturated carbocycles. The van der Waals surface area contributed by atoms with E-state index < -0.39 is 11.6 Å². The van der Waals surface area contributed by atoms with Gasteiger partial charge in [0.1, 0.15) is 5.60 Å². The summed E-state index contributed by atoms with van der Waals surface area (Å²) in [5.74, 6) is -1.24. The first kappa shape index (κ1) is 15.0. The minimum atomic E-state index is -0.868. The summed E-state index contributed by atoms with van der Waals surface area (Å²) < 4.78 is 5.09. The van der Waals surface area contributed by atoms with E-state index in [1.165, 1.54) is 7.11 Å². The lowest BCUT2D eigenvalue weighted by Gasteiger charge is -2.30. The van der Waals surface area contributed by atoms with Crippen LogP contribution in [0.3, 0.4) is 0 Å². The highest BCUT2D eigenvalue weighted by Crippen LogP contribution is 2.29. The van der Waals surface area contributed by atoms with Crippen LogP contribution in [0.4, 0.5) is 0 Å². The van der Waals surface area contributed by atoms with Gasteiger partial charge in [-0.25, -0.2) is 0 Å². The number of carbonyl (C=O) groups excluding carboxylic acids is 1. The third-order valence-corrected chi connectivity index (χ3v) is 3.81. The molecular weight excluding hydrogens is 234 g/mol. The number of methoxy groups -OCH3 is 1. The molecule has 0 radical (unpaired) electrons. The number of ether oxygens (including phenoxy) is 1. The third kappa shape index (κ3) is 3.70. The normalized spacial score (nSPS) is 24.6. The number of hydrogen-bond donors (Lipinski definition) is 2. The zero-order valence-corrected chi connectivity index (χ0v) is 11.4. The van der Waals surface area contributed by atoms with E-state index in [1.807, 2.05) is 0 Å². The van der Waals surface area contributed by atoms with Crippen LogP contribution in [0.25, 0.3) is 0 Å². The van der Waals surface area contributed by atoms with Crippen LogP contribution in [0.5, 0.6) is 0 Å². The fourth-order valence-corrected chi connectivity index (χ4v) is 2.31. The Labute approximate surface area is 108 Å². The van der Waals surface area contributed by atoms with E-state index in [2.05, 4.69) is 5.32 Å². The summed E-state index contributed by atoms with van der Waals surface area (Å²) in [6, 6.07) is 0. The van der Waals surface area contributed by atoms with Gasteiger partial charge in [0.2, 0.25) is 0 Å². The zero-order valence-electron chi connectivity index (χ0n) is 11.4. The van der Waals surface area contributed by atoms with E-state index in [1.54, 1.807) is 13.8 Å². The number of carboxylic acids is 1. The Morgan fingerprint density at radius 2 is 1.94 bits per heavy atom. The smallest absolute Gasteiger partial charge is 0.306 e. The van der Waals surface area contributed by atoms with E-state index in [0.29, 0.717) is 13.0 Å². The molecule has 18 heavy (non-hydrogen) atoms. The Bertz CT molecular complexity index is 314. The second-order valence-corrected chi connectivity index (χ2v) is 5.41. The Morgan fingerprint density at radius 3 is 2.50 bits per heavy atom. The van der Waals surface area contributed by atoms with E-state index in [0.717, 1.165) is 19.3 Å². The first-order chi connectivity index (χ1) is 8.38. The zero-order chi connectivity index (χ0) is 13.8. The fraction of sp³-hybridized carbons (Fsp3) is 0.846. The lowest BCUT2D eigenvalue weighted by molar-refractivity contribution is -0.146. The highest BCUT2D eigenvalue weighted by molar-refractivity contribution is 5.84. The summed E-state index contributed by atoms with van der Waals surface area (Å²) in [7, 11) is 1.49. The van der Waals surface area contributed by atoms with Crippen molar-refractivity contribution in [2.24, 2.45) is 11.8 Å². The van der Waals surface area contributed by atoms with Crippen LogP contribution in [0.1, 0.15) is 39.5 Å². The maximum atomic E-state index is 11.8. The predicted molar refractivity (Wildman–Crippen MR) is 67.2 cm³/mol. The van der Waals surface area contributed by atoms with E-state index in [4.69, 9.17) is 9.84 Å². The van der Waals surface area contributed by atoms with Crippen LogP contribution >= 0.6 is 0 Å². The molecule has 5 nitrogen and oxygen atoms in total. The molecule has 0 saturated heterocycles. The molecule has 0 heterocycles. The Kier molecular flexibility index (Phi) is 5.14. The lowest BCUT2D eigenvalue weighted by atomic mass is 9.79. The van der Waals surface area contributed by atoms with Crippen molar-refractivity contribution in [2.75, 3.05) is 13.7 Å². The number of nitrogens with one attached hydrogen (secondary N) is 1. The molecule has 0 aliphatic heterocycles. The molecule has 2 unspecified atom stereocenters. The van der Waals surface area contributed by atoms with Crippen molar-refractivity contribution >= 4 is 11.9 Å². The van der Waals surface area contributed by atoms with Crippen LogP contribution < -0.4 is 5.32 Å². The van der Waals surface area contributed by atoms with Gasteiger partial charge in [0, 0.05) is 13.7 Å². The molecule has 5 heteroatoms. The van der Waals surface area contributed by atoms with Crippen LogP contribution in [-0.2, 0) is 14.3 Å². The molecule has 2 N–H and O–H groups in total. The van der Waals surface area contributed by atoms with Gasteiger partial charge in [-0.1, -0.05) is 12.8 Å². The van der Waals surface area contributed by atoms with Crippen molar-refractivity contribution in [1.82, 2.24) is 5.32 Å². The number of hydrogen-bond acceptors (Lipinski definition) is 3. The van der Waals surface area contributed by atoms with Gasteiger partial charge in [0.25, 0.3) is 5.91 Å². The van der Waals surface area contributed by atoms with Crippen molar-refractivity contribution < 1.29 is 19.4 Å². The number of rotatable bonds is 5. The Balaban J connectivity index is 2.51. The molecule has 1 amide bonds. The molecule has 0 spiro atoms. The molecule has 104 valence electrons. The van der Waals surface area contributed by atoms with Gasteiger partial charge in [-0.2, -0.15) is 0 Å². The SMILES string of the molecule is COC(C)(C)C(=O)NCC1CCCCC1C(=O)O. The highest BCUT2D eigenvalue weighted by atomic mass is 16.5. The third-order valence-electron chi connectivity index (χ3n) is 3.81. The highest BCUT2D eigenvalue weighted by Gasteiger charge is 2.33. The predicted octanol–water partition coefficient (Wildman–Crippen LogP) is 1.42. The number of amides is 1. The summed E-state index contributed by atoms with van der Waals surface area (Å²) in [4.78, 5) is 23.0. The van der Waals surface area contributed by atoms with Crippen LogP contribution in [0.15, 0.2) is 0 Å². The quantitative estimate of drug-likeness (QED) is 0.781. The molecule has 0 aromatic heterocycles. The fourth-order valence-electron chi connectivity index (χ4n) is 2.31. The maximum Gasteiger partial charge on any atom is 0.306 e. The van der Waals surface area contributed by atoms with Crippen molar-refractivity contribution in [1.29, 1.82) is 0 Å². The monoisotopic (exact) mass is 257 g/mol. The molecule has 0 aromatic rings. The Morgan fingerprint density at radius 1 is 1.33 bits per heavy atom. The van der Waals surface area contributed by atoms with Crippen molar-refractivity contribution in [2.45, 2.75) is 45.1 Å². The second-order valence-electron chi connectivity index (χ2n) is 5.41. The number of carbonyl (C=O) groups is 2. The van der Waals surface area contributed by atoms with Crippen LogP contribution in [0.2, 0.25) is 0 Å². The summed E-state index contributed by atoms with van der Waals surface area (Å²) in [6.07, 6.45) is 3.58. The van der Waals surface area contributed by atoms with Gasteiger partial charge in [-0.05, 0) is 32.6 Å². The summed E-state index contributed by atoms with van der Waals surface area (Å²) in [5, 5.41) is 11.9. The van der Waals surface area contributed by atoms with Gasteiger partial charge < -0.3 is 15.2 Å². The average Bonchev–Trinajstić information content (AvgIpc) is 2.36. The van der Waals surface area contributed by atoms with E-state index in [-0.39, 0.29) is 17.7 Å². The summed E-state index contributed by atoms with van der Waals surface area (Å²) >= 11 is 0. The molecular formula is C13H23NO4. The van der Waals surface area contributed by atoms with Gasteiger partial charge in [-0.15, -0.1) is 0 Å². The van der Waals surface area contributed by atoms with Gasteiger partial charge in [0.05, 0.1) is 5.92 Å². The first-order valence-electron chi connectivity index (χ1n) is 6.44. The Hall–Kier alpha value is -1.10.